The van der Waals surface area contributed by atoms with Gasteiger partial charge < -0.3 is 5.73 Å². The Kier molecular flexibility index (Phi) is 12.3. The Morgan fingerprint density at radius 2 is 1.90 bits per heavy atom. The first-order valence-corrected chi connectivity index (χ1v) is 16.4. The zero-order chi connectivity index (χ0) is 29.3. The van der Waals surface area contributed by atoms with E-state index < -0.39 is 0 Å². The van der Waals surface area contributed by atoms with E-state index in [1.165, 1.54) is 44.9 Å². The molecule has 2 nitrogen and oxygen atoms in total. The summed E-state index contributed by atoms with van der Waals surface area (Å²) >= 11 is 8.16. The molecule has 2 N–H and O–H groups in total. The molecule has 1 heterocycles. The van der Waals surface area contributed by atoms with E-state index in [4.69, 9.17) is 17.3 Å². The number of primary amides is 1. The number of carbonyl (C=O) groups is 1. The Labute approximate surface area is 252 Å². The minimum atomic E-state index is -0.196. The number of benzene rings is 1. The smallest absolute Gasteiger partial charge is 0.217 e. The van der Waals surface area contributed by atoms with Crippen molar-refractivity contribution in [3.8, 4) is 0 Å². The molecule has 3 rings (SSSR count). The molecule has 3 atom stereocenters. The molecule has 218 valence electrons. The molecule has 1 aliphatic carbocycles. The summed E-state index contributed by atoms with van der Waals surface area (Å²) in [7, 11) is 0. The average molecular weight is 580 g/mol. The molecule has 0 radical (unpaired) electrons. The monoisotopic (exact) mass is 579 g/mol. The van der Waals surface area contributed by atoms with Gasteiger partial charge in [-0.15, -0.1) is 11.3 Å². The topological polar surface area (TPSA) is 43.1 Å². The molecule has 0 aliphatic heterocycles. The Balaban J connectivity index is 1.51. The van der Waals surface area contributed by atoms with E-state index in [2.05, 4.69) is 77.3 Å². The van der Waals surface area contributed by atoms with E-state index in [1.807, 2.05) is 17.4 Å². The van der Waals surface area contributed by atoms with Crippen LogP contribution in [0.25, 0.3) is 5.57 Å². The molecule has 2 aromatic rings. The van der Waals surface area contributed by atoms with Crippen molar-refractivity contribution in [1.82, 2.24) is 0 Å². The van der Waals surface area contributed by atoms with E-state index in [1.54, 1.807) is 0 Å². The van der Waals surface area contributed by atoms with Gasteiger partial charge in [0, 0.05) is 21.2 Å². The normalized spacial score (nSPS) is 19.5. The van der Waals surface area contributed by atoms with Gasteiger partial charge >= 0.3 is 0 Å². The minimum Gasteiger partial charge on any atom is -0.370 e. The van der Waals surface area contributed by atoms with Crippen LogP contribution in [0.5, 0.6) is 0 Å². The Hall–Kier alpha value is -2.10. The van der Waals surface area contributed by atoms with Gasteiger partial charge in [0.2, 0.25) is 5.91 Å². The fourth-order valence-electron chi connectivity index (χ4n) is 6.59. The van der Waals surface area contributed by atoms with Crippen molar-refractivity contribution < 1.29 is 4.79 Å². The molecule has 1 aliphatic rings. The number of nitrogens with two attached hydrogens (primary N) is 1. The summed E-state index contributed by atoms with van der Waals surface area (Å²) in [6.07, 6.45) is 15.9. The number of hydrogen-bond acceptors (Lipinski definition) is 2. The van der Waals surface area contributed by atoms with Crippen molar-refractivity contribution in [2.45, 2.75) is 98.3 Å². The number of allylic oxidation sites excluding steroid dienone is 4. The highest BCUT2D eigenvalue weighted by molar-refractivity contribution is 7.13. The highest BCUT2D eigenvalue weighted by Gasteiger charge is 2.33. The maximum atomic E-state index is 11.4. The molecule has 4 heteroatoms. The molecule has 40 heavy (non-hydrogen) atoms. The van der Waals surface area contributed by atoms with Crippen molar-refractivity contribution >= 4 is 34.4 Å². The SMILES string of the molecule is C=C(CCC(CC)(CC)CCC(N)=O)c1ccc(CCC[C@H]2C(=C)C[C@@H](C)C2C=CCc2cc(C)cc(Cl)c2)s1. The third-order valence-corrected chi connectivity index (χ3v) is 10.8. The lowest BCUT2D eigenvalue weighted by molar-refractivity contribution is -0.118. The zero-order valence-electron chi connectivity index (χ0n) is 25.2. The van der Waals surface area contributed by atoms with E-state index in [0.29, 0.717) is 24.2 Å². The standard InChI is InChI=1S/C36H50ClNOS/c1-7-36(8-2,20-18-35(38)39)19-17-26(4)34-16-15-31(40-34)12-10-14-33-28(6)23-27(5)32(33)13-9-11-29-21-25(3)22-30(37)24-29/h9,13,15-16,21-22,24,27,32-33H,4,6-8,10-12,14,17-20,23H2,1-3,5H3,(H2,38,39)/t27-,32?,33+/m1/s1. The molecule has 0 saturated heterocycles. The number of thiophene rings is 1. The predicted molar refractivity (Wildman–Crippen MR) is 176 cm³/mol. The number of hydrogen-bond donors (Lipinski definition) is 1. The predicted octanol–water partition coefficient (Wildman–Crippen LogP) is 10.5. The summed E-state index contributed by atoms with van der Waals surface area (Å²) in [4.78, 5) is 14.1. The summed E-state index contributed by atoms with van der Waals surface area (Å²) in [5, 5.41) is 0.819. The second-order valence-corrected chi connectivity index (χ2v) is 13.8. The van der Waals surface area contributed by atoms with Gasteiger partial charge in [0.1, 0.15) is 0 Å². The summed E-state index contributed by atoms with van der Waals surface area (Å²) in [6, 6.07) is 10.9. The first-order valence-electron chi connectivity index (χ1n) is 15.2. The highest BCUT2D eigenvalue weighted by Crippen LogP contribution is 2.44. The van der Waals surface area contributed by atoms with Crippen LogP contribution in [-0.2, 0) is 17.6 Å². The van der Waals surface area contributed by atoms with Gasteiger partial charge in [-0.1, -0.05) is 82.2 Å². The van der Waals surface area contributed by atoms with Crippen LogP contribution in [0.2, 0.25) is 5.02 Å². The molecule has 1 unspecified atom stereocenters. The summed E-state index contributed by atoms with van der Waals surface area (Å²) in [5.74, 6) is 1.59. The Bertz CT molecular complexity index is 1170. The van der Waals surface area contributed by atoms with Crippen LogP contribution in [0.15, 0.2) is 61.2 Å². The van der Waals surface area contributed by atoms with Crippen molar-refractivity contribution in [1.29, 1.82) is 0 Å². The van der Waals surface area contributed by atoms with Crippen molar-refractivity contribution in [3.05, 3.63) is 87.1 Å². The molecule has 1 aromatic heterocycles. The first kappa shape index (κ1) is 32.4. The molecule has 1 aromatic carbocycles. The van der Waals surface area contributed by atoms with Gasteiger partial charge in [0.05, 0.1) is 0 Å². The summed E-state index contributed by atoms with van der Waals surface area (Å²) in [6.45, 7) is 17.8. The van der Waals surface area contributed by atoms with Crippen LogP contribution in [0.1, 0.15) is 99.4 Å². The number of rotatable bonds is 16. The highest BCUT2D eigenvalue weighted by atomic mass is 35.5. The van der Waals surface area contributed by atoms with Crippen LogP contribution in [0.4, 0.5) is 0 Å². The fourth-order valence-corrected chi connectivity index (χ4v) is 7.95. The third-order valence-electron chi connectivity index (χ3n) is 9.35. The molecule has 0 spiro atoms. The lowest BCUT2D eigenvalue weighted by atomic mass is 9.74. The van der Waals surface area contributed by atoms with Gasteiger partial charge in [-0.2, -0.15) is 0 Å². The van der Waals surface area contributed by atoms with Crippen LogP contribution >= 0.6 is 22.9 Å². The van der Waals surface area contributed by atoms with Crippen molar-refractivity contribution in [2.24, 2.45) is 28.9 Å². The average Bonchev–Trinajstić information content (AvgIpc) is 3.48. The summed E-state index contributed by atoms with van der Waals surface area (Å²) in [5.41, 5.74) is 10.8. The lowest BCUT2D eigenvalue weighted by Crippen LogP contribution is -2.22. The fraction of sp³-hybridized carbons (Fsp3) is 0.528. The van der Waals surface area contributed by atoms with E-state index in [-0.39, 0.29) is 11.3 Å². The second-order valence-electron chi connectivity index (χ2n) is 12.2. The van der Waals surface area contributed by atoms with E-state index >= 15 is 0 Å². The van der Waals surface area contributed by atoms with Crippen LogP contribution in [-0.4, -0.2) is 5.91 Å². The molecule has 1 saturated carbocycles. The van der Waals surface area contributed by atoms with E-state index in [9.17, 15) is 4.79 Å². The third kappa shape index (κ3) is 9.21. The second kappa shape index (κ2) is 15.2. The van der Waals surface area contributed by atoms with Gasteiger partial charge in [-0.3, -0.25) is 4.79 Å². The van der Waals surface area contributed by atoms with Crippen LogP contribution < -0.4 is 5.73 Å². The van der Waals surface area contributed by atoms with Crippen molar-refractivity contribution in [3.63, 3.8) is 0 Å². The molecular weight excluding hydrogens is 530 g/mol. The maximum Gasteiger partial charge on any atom is 0.217 e. The molecular formula is C36H50ClNOS. The quantitative estimate of drug-likeness (QED) is 0.197. The number of carbonyl (C=O) groups excluding carboxylic acids is 1. The molecule has 1 fully saturated rings. The first-order chi connectivity index (χ1) is 19.1. The molecule has 0 bridgehead atoms. The lowest BCUT2D eigenvalue weighted by Gasteiger charge is -2.32. The van der Waals surface area contributed by atoms with Gasteiger partial charge in [0.25, 0.3) is 0 Å². The number of amides is 1. The Morgan fingerprint density at radius 3 is 2.58 bits per heavy atom. The van der Waals surface area contributed by atoms with Crippen molar-refractivity contribution in [2.75, 3.05) is 0 Å². The number of halogens is 1. The van der Waals surface area contributed by atoms with Crippen LogP contribution in [0, 0.1) is 30.1 Å². The van der Waals surface area contributed by atoms with Crippen LogP contribution in [0.3, 0.4) is 0 Å². The van der Waals surface area contributed by atoms with Gasteiger partial charge in [0.15, 0.2) is 0 Å². The van der Waals surface area contributed by atoms with E-state index in [0.717, 1.165) is 56.4 Å². The van der Waals surface area contributed by atoms with Gasteiger partial charge in [-0.05, 0) is 122 Å². The number of aryl methyl sites for hydroxylation is 2. The Morgan fingerprint density at radius 1 is 1.18 bits per heavy atom. The summed E-state index contributed by atoms with van der Waals surface area (Å²) < 4.78 is 0. The molecule has 1 amide bonds. The minimum absolute atomic E-state index is 0.178. The zero-order valence-corrected chi connectivity index (χ0v) is 26.8. The van der Waals surface area contributed by atoms with Gasteiger partial charge in [-0.25, -0.2) is 0 Å². The largest absolute Gasteiger partial charge is 0.370 e. The maximum absolute atomic E-state index is 11.4.